The van der Waals surface area contributed by atoms with Gasteiger partial charge in [0, 0.05) is 17.1 Å². The molecule has 0 bridgehead atoms. The lowest BCUT2D eigenvalue weighted by atomic mass is 10.1. The lowest BCUT2D eigenvalue weighted by Crippen LogP contribution is -2.35. The van der Waals surface area contributed by atoms with Crippen molar-refractivity contribution in [2.24, 2.45) is 0 Å². The number of fused-ring (bicyclic) bond motifs is 1. The largest absolute Gasteiger partial charge is 0.452 e. The third-order valence-electron chi connectivity index (χ3n) is 4.44. The highest BCUT2D eigenvalue weighted by molar-refractivity contribution is 8.00. The van der Waals surface area contributed by atoms with Crippen LogP contribution in [0.5, 0.6) is 0 Å². The number of hydrogen-bond acceptors (Lipinski definition) is 6. The normalized spacial score (nSPS) is 12.4. The predicted octanol–water partition coefficient (Wildman–Crippen LogP) is 3.45. The number of nitriles is 1. The van der Waals surface area contributed by atoms with E-state index in [-0.39, 0.29) is 24.4 Å². The number of ether oxygens (including phenoxy) is 1. The Morgan fingerprint density at radius 2 is 1.93 bits per heavy atom. The fraction of sp³-hybridized carbons (Fsp3) is 0.273. The Kier molecular flexibility index (Phi) is 6.75. The van der Waals surface area contributed by atoms with Crippen molar-refractivity contribution in [3.63, 3.8) is 0 Å². The van der Waals surface area contributed by atoms with Crippen molar-refractivity contribution in [3.8, 4) is 6.07 Å². The number of thioether (sulfide) groups is 1. The standard InChI is InChI=1S/C22H21N3O4S/c1-14-8-15(2)10-17(9-14)25(7-3-6-23)21(27)12-29-22(28)16-4-5-19-18(11-16)24-20(26)13-30-19/h4-5,8-11H,3,7,12-13H2,1-2H3,(H,24,26). The van der Waals surface area contributed by atoms with Crippen LogP contribution in [0.4, 0.5) is 11.4 Å². The van der Waals surface area contributed by atoms with Gasteiger partial charge in [-0.25, -0.2) is 4.79 Å². The lowest BCUT2D eigenvalue weighted by Gasteiger charge is -2.23. The molecular weight excluding hydrogens is 402 g/mol. The minimum Gasteiger partial charge on any atom is -0.452 e. The van der Waals surface area contributed by atoms with Crippen molar-refractivity contribution < 1.29 is 19.1 Å². The first kappa shape index (κ1) is 21.4. The second-order valence-corrected chi connectivity index (χ2v) is 7.94. The number of carbonyl (C=O) groups excluding carboxylic acids is 3. The number of hydrogen-bond donors (Lipinski definition) is 1. The van der Waals surface area contributed by atoms with Gasteiger partial charge in [-0.15, -0.1) is 11.8 Å². The van der Waals surface area contributed by atoms with Gasteiger partial charge in [0.2, 0.25) is 5.91 Å². The third kappa shape index (κ3) is 5.19. The molecule has 8 heteroatoms. The van der Waals surface area contributed by atoms with Gasteiger partial charge >= 0.3 is 5.97 Å². The summed E-state index contributed by atoms with van der Waals surface area (Å²) in [5.41, 5.74) is 3.45. The van der Waals surface area contributed by atoms with Crippen LogP contribution >= 0.6 is 11.8 Å². The summed E-state index contributed by atoms with van der Waals surface area (Å²) in [6, 6.07) is 12.6. The highest BCUT2D eigenvalue weighted by Gasteiger charge is 2.21. The topological polar surface area (TPSA) is 99.5 Å². The summed E-state index contributed by atoms with van der Waals surface area (Å²) in [5.74, 6) is -0.862. The zero-order valence-corrected chi connectivity index (χ0v) is 17.5. The summed E-state index contributed by atoms with van der Waals surface area (Å²) in [5, 5.41) is 11.7. The quantitative estimate of drug-likeness (QED) is 0.715. The maximum Gasteiger partial charge on any atom is 0.338 e. The van der Waals surface area contributed by atoms with E-state index in [1.165, 1.54) is 16.7 Å². The Hall–Kier alpha value is -3.31. The molecule has 0 fully saturated rings. The number of rotatable bonds is 6. The van der Waals surface area contributed by atoms with Crippen LogP contribution in [-0.2, 0) is 14.3 Å². The number of esters is 1. The van der Waals surface area contributed by atoms with Gasteiger partial charge in [0.05, 0.1) is 29.5 Å². The van der Waals surface area contributed by atoms with E-state index in [1.807, 2.05) is 38.1 Å². The summed E-state index contributed by atoms with van der Waals surface area (Å²) >= 11 is 1.40. The van der Waals surface area contributed by atoms with Gasteiger partial charge in [0.25, 0.3) is 5.91 Å². The van der Waals surface area contributed by atoms with Crippen molar-refractivity contribution in [1.82, 2.24) is 0 Å². The molecule has 1 N–H and O–H groups in total. The van der Waals surface area contributed by atoms with Crippen molar-refractivity contribution >= 4 is 40.9 Å². The SMILES string of the molecule is Cc1cc(C)cc(N(CCC#N)C(=O)COC(=O)c2ccc3c(c2)NC(=O)CS3)c1. The number of aryl methyl sites for hydroxylation is 2. The molecule has 0 saturated heterocycles. The minimum atomic E-state index is -0.656. The average molecular weight is 423 g/mol. The molecule has 1 aliphatic heterocycles. The van der Waals surface area contributed by atoms with E-state index in [4.69, 9.17) is 10.00 Å². The molecule has 3 rings (SSSR count). The highest BCUT2D eigenvalue weighted by atomic mass is 32.2. The van der Waals surface area contributed by atoms with Crippen LogP contribution in [0.25, 0.3) is 0 Å². The van der Waals surface area contributed by atoms with E-state index < -0.39 is 18.5 Å². The number of nitrogens with zero attached hydrogens (tertiary/aromatic N) is 2. The molecule has 0 aliphatic carbocycles. The van der Waals surface area contributed by atoms with E-state index >= 15 is 0 Å². The molecule has 0 aromatic heterocycles. The van der Waals surface area contributed by atoms with E-state index in [0.717, 1.165) is 16.0 Å². The van der Waals surface area contributed by atoms with Crippen molar-refractivity contribution in [3.05, 3.63) is 53.1 Å². The fourth-order valence-electron chi connectivity index (χ4n) is 3.16. The second kappa shape index (κ2) is 9.46. The molecule has 154 valence electrons. The molecule has 1 heterocycles. The molecule has 2 aromatic rings. The van der Waals surface area contributed by atoms with Crippen LogP contribution in [0.15, 0.2) is 41.3 Å². The van der Waals surface area contributed by atoms with Crippen LogP contribution < -0.4 is 10.2 Å². The van der Waals surface area contributed by atoms with Crippen LogP contribution in [0.1, 0.15) is 27.9 Å². The third-order valence-corrected chi connectivity index (χ3v) is 5.51. The van der Waals surface area contributed by atoms with Crippen LogP contribution in [0, 0.1) is 25.2 Å². The lowest BCUT2D eigenvalue weighted by molar-refractivity contribution is -0.121. The van der Waals surface area contributed by atoms with Gasteiger partial charge in [-0.1, -0.05) is 6.07 Å². The summed E-state index contributed by atoms with van der Waals surface area (Å²) in [6.45, 7) is 3.61. The first-order chi connectivity index (χ1) is 14.4. The monoisotopic (exact) mass is 423 g/mol. The molecule has 0 radical (unpaired) electrons. The zero-order chi connectivity index (χ0) is 21.7. The minimum absolute atomic E-state index is 0.130. The van der Waals surface area contributed by atoms with Gasteiger partial charge in [0.1, 0.15) is 0 Å². The van der Waals surface area contributed by atoms with E-state index in [2.05, 4.69) is 5.32 Å². The second-order valence-electron chi connectivity index (χ2n) is 6.92. The van der Waals surface area contributed by atoms with Gasteiger partial charge in [-0.3, -0.25) is 9.59 Å². The van der Waals surface area contributed by atoms with Gasteiger partial charge in [-0.2, -0.15) is 5.26 Å². The Labute approximate surface area is 179 Å². The van der Waals surface area contributed by atoms with E-state index in [0.29, 0.717) is 17.1 Å². The van der Waals surface area contributed by atoms with Crippen molar-refractivity contribution in [2.75, 3.05) is 29.1 Å². The fourth-order valence-corrected chi connectivity index (χ4v) is 3.95. The highest BCUT2D eigenvalue weighted by Crippen LogP contribution is 2.32. The maximum absolute atomic E-state index is 12.8. The van der Waals surface area contributed by atoms with Crippen molar-refractivity contribution in [2.45, 2.75) is 25.2 Å². The molecule has 2 amide bonds. The molecule has 2 aromatic carbocycles. The number of nitrogens with one attached hydrogen (secondary N) is 1. The van der Waals surface area contributed by atoms with E-state index in [1.54, 1.807) is 18.2 Å². The first-order valence-corrected chi connectivity index (χ1v) is 10.4. The van der Waals surface area contributed by atoms with Crippen LogP contribution in [0.3, 0.4) is 0 Å². The summed E-state index contributed by atoms with van der Waals surface area (Å²) in [4.78, 5) is 39.1. The molecule has 0 unspecified atom stereocenters. The van der Waals surface area contributed by atoms with E-state index in [9.17, 15) is 14.4 Å². The first-order valence-electron chi connectivity index (χ1n) is 9.37. The number of carbonyl (C=O) groups is 3. The van der Waals surface area contributed by atoms with Gasteiger partial charge < -0.3 is 15.0 Å². The maximum atomic E-state index is 12.8. The van der Waals surface area contributed by atoms with Crippen LogP contribution in [-0.4, -0.2) is 36.7 Å². The number of amides is 2. The summed E-state index contributed by atoms with van der Waals surface area (Å²) in [6.07, 6.45) is 0.162. The molecule has 1 aliphatic rings. The summed E-state index contributed by atoms with van der Waals surface area (Å²) < 4.78 is 5.22. The smallest absolute Gasteiger partial charge is 0.338 e. The Balaban J connectivity index is 1.70. The molecular formula is C22H21N3O4S. The number of anilines is 2. The van der Waals surface area contributed by atoms with Gasteiger partial charge in [0.15, 0.2) is 6.61 Å². The summed E-state index contributed by atoms with van der Waals surface area (Å²) in [7, 11) is 0. The molecule has 30 heavy (non-hydrogen) atoms. The molecule has 0 spiro atoms. The Bertz CT molecular complexity index is 1020. The Morgan fingerprint density at radius 3 is 2.63 bits per heavy atom. The number of benzene rings is 2. The Morgan fingerprint density at radius 1 is 1.20 bits per heavy atom. The zero-order valence-electron chi connectivity index (χ0n) is 16.7. The molecule has 0 atom stereocenters. The molecule has 7 nitrogen and oxygen atoms in total. The predicted molar refractivity (Wildman–Crippen MR) is 115 cm³/mol. The molecule has 0 saturated carbocycles. The van der Waals surface area contributed by atoms with Gasteiger partial charge in [-0.05, 0) is 55.3 Å². The van der Waals surface area contributed by atoms with Crippen molar-refractivity contribution in [1.29, 1.82) is 5.26 Å². The van der Waals surface area contributed by atoms with Crippen LogP contribution in [0.2, 0.25) is 0 Å². The average Bonchev–Trinajstić information content (AvgIpc) is 2.71.